The van der Waals surface area contributed by atoms with Crippen LogP contribution in [0.15, 0.2) is 18.2 Å². The maximum absolute atomic E-state index is 5.66. The molecule has 12 heavy (non-hydrogen) atoms. The predicted molar refractivity (Wildman–Crippen MR) is 51.6 cm³/mol. The van der Waals surface area contributed by atoms with Crippen molar-refractivity contribution in [1.82, 2.24) is 0 Å². The summed E-state index contributed by atoms with van der Waals surface area (Å²) >= 11 is 0. The van der Waals surface area contributed by atoms with Crippen molar-refractivity contribution in [2.24, 2.45) is 17.8 Å². The van der Waals surface area contributed by atoms with Gasteiger partial charge in [-0.25, -0.2) is 0 Å². The fourth-order valence-electron chi connectivity index (χ4n) is 2.82. The Bertz CT molecular complexity index is 190. The smallest absolute Gasteiger partial charge is 0.0196 e. The number of fused-ring (bicyclic) bond motifs is 1. The molecule has 65 valence electrons. The zero-order chi connectivity index (χ0) is 8.39. The standard InChI is InChI=1S/C12H17/c1-2-10-7-5-8-11-6-3-4-9-12(10)11/h1-4,10-12H,5-9H2. The molecule has 0 heterocycles. The molecule has 0 spiro atoms. The summed E-state index contributed by atoms with van der Waals surface area (Å²) in [5.41, 5.74) is 0. The third kappa shape index (κ3) is 1.35. The van der Waals surface area contributed by atoms with E-state index < -0.39 is 0 Å². The molecule has 2 aliphatic rings. The van der Waals surface area contributed by atoms with E-state index in [2.05, 4.69) is 12.2 Å². The van der Waals surface area contributed by atoms with E-state index in [1.165, 1.54) is 32.1 Å². The first-order chi connectivity index (χ1) is 5.92. The van der Waals surface area contributed by atoms with Crippen LogP contribution in [0, 0.1) is 24.3 Å². The van der Waals surface area contributed by atoms with Crippen LogP contribution in [-0.4, -0.2) is 0 Å². The van der Waals surface area contributed by atoms with Gasteiger partial charge >= 0.3 is 0 Å². The van der Waals surface area contributed by atoms with E-state index in [-0.39, 0.29) is 0 Å². The van der Waals surface area contributed by atoms with Gasteiger partial charge in [-0.1, -0.05) is 31.2 Å². The van der Waals surface area contributed by atoms with E-state index in [4.69, 9.17) is 6.58 Å². The van der Waals surface area contributed by atoms with Crippen LogP contribution in [0.25, 0.3) is 0 Å². The second kappa shape index (κ2) is 3.47. The Hall–Kier alpha value is -0.520. The topological polar surface area (TPSA) is 0 Å². The molecule has 0 bridgehead atoms. The third-order valence-corrected chi connectivity index (χ3v) is 3.53. The minimum absolute atomic E-state index is 0.702. The molecule has 0 aromatic heterocycles. The van der Waals surface area contributed by atoms with Crippen LogP contribution in [0.5, 0.6) is 0 Å². The Labute approximate surface area is 75.4 Å². The number of allylic oxidation sites excluding steroid dienone is 3. The normalized spacial score (nSPS) is 40.5. The summed E-state index contributed by atoms with van der Waals surface area (Å²) in [6.45, 7) is 5.66. The fourth-order valence-corrected chi connectivity index (χ4v) is 2.82. The van der Waals surface area contributed by atoms with E-state index >= 15 is 0 Å². The molecular formula is C12H17. The Morgan fingerprint density at radius 2 is 2.00 bits per heavy atom. The highest BCUT2D eigenvalue weighted by molar-refractivity contribution is 5.01. The third-order valence-electron chi connectivity index (χ3n) is 3.53. The van der Waals surface area contributed by atoms with Gasteiger partial charge in [-0.2, -0.15) is 0 Å². The quantitative estimate of drug-likeness (QED) is 0.517. The molecule has 0 aromatic carbocycles. The van der Waals surface area contributed by atoms with E-state index in [0.29, 0.717) is 5.92 Å². The molecule has 1 fully saturated rings. The Kier molecular flexibility index (Phi) is 2.34. The molecule has 0 aromatic rings. The number of hydrogen-bond acceptors (Lipinski definition) is 0. The largest absolute Gasteiger partial charge is 0.0882 e. The van der Waals surface area contributed by atoms with Gasteiger partial charge in [-0.15, -0.1) is 0 Å². The highest BCUT2D eigenvalue weighted by Crippen LogP contribution is 2.41. The van der Waals surface area contributed by atoms with Gasteiger partial charge in [0.1, 0.15) is 0 Å². The highest BCUT2D eigenvalue weighted by Gasteiger charge is 2.31. The van der Waals surface area contributed by atoms with Crippen molar-refractivity contribution in [3.63, 3.8) is 0 Å². The molecule has 2 rings (SSSR count). The summed E-state index contributed by atoms with van der Waals surface area (Å²) in [5, 5.41) is 0. The average molecular weight is 161 g/mol. The molecule has 1 radical (unpaired) electrons. The lowest BCUT2D eigenvalue weighted by atomic mass is 9.67. The molecule has 3 unspecified atom stereocenters. The highest BCUT2D eigenvalue weighted by atomic mass is 14.4. The van der Waals surface area contributed by atoms with Gasteiger partial charge in [-0.05, 0) is 43.4 Å². The average Bonchev–Trinajstić information content (AvgIpc) is 2.17. The SMILES string of the molecule is [CH]=CC1CCCC2CC=CCC12. The van der Waals surface area contributed by atoms with Crippen LogP contribution in [0.2, 0.25) is 0 Å². The molecule has 3 atom stereocenters. The van der Waals surface area contributed by atoms with Crippen LogP contribution < -0.4 is 0 Å². The lowest BCUT2D eigenvalue weighted by Crippen LogP contribution is -2.28. The van der Waals surface area contributed by atoms with E-state index in [0.717, 1.165) is 11.8 Å². The molecule has 0 heteroatoms. The van der Waals surface area contributed by atoms with Crippen molar-refractivity contribution in [3.05, 3.63) is 24.8 Å². The predicted octanol–water partition coefficient (Wildman–Crippen LogP) is 3.36. The lowest BCUT2D eigenvalue weighted by molar-refractivity contribution is 0.180. The number of hydrogen-bond donors (Lipinski definition) is 0. The molecule has 0 amide bonds. The van der Waals surface area contributed by atoms with Crippen molar-refractivity contribution in [3.8, 4) is 0 Å². The zero-order valence-electron chi connectivity index (χ0n) is 7.58. The monoisotopic (exact) mass is 161 g/mol. The summed E-state index contributed by atoms with van der Waals surface area (Å²) < 4.78 is 0. The number of rotatable bonds is 1. The van der Waals surface area contributed by atoms with E-state index in [9.17, 15) is 0 Å². The second-order valence-electron chi connectivity index (χ2n) is 4.15. The Balaban J connectivity index is 2.10. The minimum atomic E-state index is 0.702. The van der Waals surface area contributed by atoms with Gasteiger partial charge in [-0.3, -0.25) is 0 Å². The van der Waals surface area contributed by atoms with Crippen LogP contribution >= 0.6 is 0 Å². The van der Waals surface area contributed by atoms with Crippen molar-refractivity contribution >= 4 is 0 Å². The van der Waals surface area contributed by atoms with Crippen LogP contribution in [0.3, 0.4) is 0 Å². The molecule has 0 aliphatic heterocycles. The minimum Gasteiger partial charge on any atom is -0.0882 e. The van der Waals surface area contributed by atoms with Crippen LogP contribution in [0.4, 0.5) is 0 Å². The van der Waals surface area contributed by atoms with Gasteiger partial charge < -0.3 is 0 Å². The second-order valence-corrected chi connectivity index (χ2v) is 4.15. The first-order valence-electron chi connectivity index (χ1n) is 5.12. The summed E-state index contributed by atoms with van der Waals surface area (Å²) in [7, 11) is 0. The molecule has 2 aliphatic carbocycles. The lowest BCUT2D eigenvalue weighted by Gasteiger charge is -2.38. The molecule has 1 saturated carbocycles. The van der Waals surface area contributed by atoms with Crippen LogP contribution in [0.1, 0.15) is 32.1 Å². The van der Waals surface area contributed by atoms with E-state index in [1.807, 2.05) is 6.08 Å². The van der Waals surface area contributed by atoms with E-state index in [1.54, 1.807) is 0 Å². The first-order valence-corrected chi connectivity index (χ1v) is 5.12. The van der Waals surface area contributed by atoms with Crippen LogP contribution in [-0.2, 0) is 0 Å². The van der Waals surface area contributed by atoms with Gasteiger partial charge in [0, 0.05) is 0 Å². The first kappa shape index (κ1) is 8.10. The Morgan fingerprint density at radius 1 is 1.17 bits per heavy atom. The van der Waals surface area contributed by atoms with Gasteiger partial charge in [0.05, 0.1) is 0 Å². The summed E-state index contributed by atoms with van der Waals surface area (Å²) in [4.78, 5) is 0. The molecule has 0 nitrogen and oxygen atoms in total. The summed E-state index contributed by atoms with van der Waals surface area (Å²) in [6, 6.07) is 0. The summed E-state index contributed by atoms with van der Waals surface area (Å²) in [6.07, 6.45) is 13.3. The maximum Gasteiger partial charge on any atom is -0.0196 e. The van der Waals surface area contributed by atoms with Crippen molar-refractivity contribution < 1.29 is 0 Å². The van der Waals surface area contributed by atoms with Crippen molar-refractivity contribution in [2.45, 2.75) is 32.1 Å². The van der Waals surface area contributed by atoms with Crippen molar-refractivity contribution in [1.29, 1.82) is 0 Å². The molecule has 0 saturated heterocycles. The molecule has 0 N–H and O–H groups in total. The Morgan fingerprint density at radius 3 is 2.83 bits per heavy atom. The van der Waals surface area contributed by atoms with Gasteiger partial charge in [0.2, 0.25) is 0 Å². The fraction of sp³-hybridized carbons (Fsp3) is 0.667. The van der Waals surface area contributed by atoms with Crippen molar-refractivity contribution in [2.75, 3.05) is 0 Å². The van der Waals surface area contributed by atoms with Gasteiger partial charge in [0.15, 0.2) is 0 Å². The summed E-state index contributed by atoms with van der Waals surface area (Å²) in [5.74, 6) is 2.51. The zero-order valence-corrected chi connectivity index (χ0v) is 7.58. The molecular weight excluding hydrogens is 144 g/mol. The van der Waals surface area contributed by atoms with Gasteiger partial charge in [0.25, 0.3) is 0 Å². The maximum atomic E-state index is 5.66.